The largest absolute Gasteiger partial charge is 0.417 e. The topological polar surface area (TPSA) is 82.4 Å². The van der Waals surface area contributed by atoms with Crippen LogP contribution in [-0.2, 0) is 20.5 Å². The number of morpholine rings is 1. The van der Waals surface area contributed by atoms with Gasteiger partial charge < -0.3 is 10.1 Å². The second kappa shape index (κ2) is 5.28. The summed E-state index contributed by atoms with van der Waals surface area (Å²) in [5.74, 6) is -2.47. The molecule has 3 aliphatic heterocycles. The van der Waals surface area contributed by atoms with Crippen molar-refractivity contribution in [2.75, 3.05) is 18.0 Å². The van der Waals surface area contributed by atoms with Crippen LogP contribution in [0.1, 0.15) is 11.1 Å². The van der Waals surface area contributed by atoms with E-state index in [1.54, 1.807) is 0 Å². The lowest BCUT2D eigenvalue weighted by atomic mass is 9.91. The van der Waals surface area contributed by atoms with Crippen LogP contribution in [0.15, 0.2) is 18.2 Å². The number of nitriles is 1. The first-order valence-corrected chi connectivity index (χ1v) is 7.68. The van der Waals surface area contributed by atoms with Gasteiger partial charge in [-0.2, -0.15) is 18.4 Å². The molecule has 2 bridgehead atoms. The van der Waals surface area contributed by atoms with Crippen molar-refractivity contribution in [2.45, 2.75) is 18.4 Å². The lowest BCUT2D eigenvalue weighted by Gasteiger charge is -2.26. The third kappa shape index (κ3) is 2.25. The Bertz CT molecular complexity index is 789. The molecule has 0 saturated carbocycles. The molecule has 4 atom stereocenters. The summed E-state index contributed by atoms with van der Waals surface area (Å²) in [6.07, 6.45) is -5.66. The van der Waals surface area contributed by atoms with Crippen molar-refractivity contribution in [1.29, 1.82) is 5.26 Å². The molecular weight excluding hydrogens is 339 g/mol. The van der Waals surface area contributed by atoms with Crippen LogP contribution in [0.5, 0.6) is 0 Å². The molecule has 130 valence electrons. The van der Waals surface area contributed by atoms with Gasteiger partial charge in [-0.15, -0.1) is 0 Å². The van der Waals surface area contributed by atoms with Crippen molar-refractivity contribution in [3.8, 4) is 6.07 Å². The first-order valence-electron chi connectivity index (χ1n) is 7.68. The van der Waals surface area contributed by atoms with Gasteiger partial charge in [0, 0.05) is 13.1 Å². The van der Waals surface area contributed by atoms with E-state index in [0.717, 1.165) is 11.0 Å². The van der Waals surface area contributed by atoms with E-state index in [1.165, 1.54) is 12.1 Å². The van der Waals surface area contributed by atoms with Crippen molar-refractivity contribution in [1.82, 2.24) is 5.32 Å². The normalized spacial score (nSPS) is 31.2. The number of nitrogens with zero attached hydrogens (tertiary/aromatic N) is 2. The first kappa shape index (κ1) is 16.1. The second-order valence-electron chi connectivity index (χ2n) is 6.27. The number of anilines is 1. The molecule has 1 aromatic carbocycles. The minimum atomic E-state index is -4.76. The molecule has 3 saturated heterocycles. The van der Waals surface area contributed by atoms with Crippen molar-refractivity contribution in [3.63, 3.8) is 0 Å². The van der Waals surface area contributed by atoms with E-state index in [0.29, 0.717) is 19.2 Å². The summed E-state index contributed by atoms with van der Waals surface area (Å²) in [5.41, 5.74) is -1.88. The zero-order valence-corrected chi connectivity index (χ0v) is 12.7. The second-order valence-corrected chi connectivity index (χ2v) is 6.27. The molecule has 0 aliphatic carbocycles. The van der Waals surface area contributed by atoms with Crippen LogP contribution in [0.4, 0.5) is 18.9 Å². The highest BCUT2D eigenvalue weighted by Crippen LogP contribution is 2.44. The minimum absolute atomic E-state index is 0.165. The maximum atomic E-state index is 13.1. The standard InChI is InChI=1S/C16H12F3N3O3/c17-16(18,19)9-3-8(2-1-7(9)4-20)22-14(23)12-10-5-21-6-11(25-10)13(12)15(22)24/h1-3,10-13,21H,5-6H2. The summed E-state index contributed by atoms with van der Waals surface area (Å²) in [7, 11) is 0. The molecule has 9 heteroatoms. The maximum absolute atomic E-state index is 13.1. The smallest absolute Gasteiger partial charge is 0.371 e. The van der Waals surface area contributed by atoms with E-state index in [4.69, 9.17) is 10.00 Å². The Kier molecular flexibility index (Phi) is 3.39. The first-order chi connectivity index (χ1) is 11.8. The Morgan fingerprint density at radius 2 is 1.76 bits per heavy atom. The number of rotatable bonds is 1. The molecule has 0 radical (unpaired) electrons. The third-order valence-corrected chi connectivity index (χ3v) is 4.93. The van der Waals surface area contributed by atoms with Gasteiger partial charge in [-0.25, -0.2) is 4.90 Å². The predicted octanol–water partition coefficient (Wildman–Crippen LogP) is 1.05. The Balaban J connectivity index is 1.75. The van der Waals surface area contributed by atoms with E-state index < -0.39 is 53.2 Å². The van der Waals surface area contributed by atoms with E-state index in [2.05, 4.69) is 5.32 Å². The molecule has 25 heavy (non-hydrogen) atoms. The van der Waals surface area contributed by atoms with Gasteiger partial charge in [0.25, 0.3) is 0 Å². The van der Waals surface area contributed by atoms with Crippen molar-refractivity contribution in [3.05, 3.63) is 29.3 Å². The van der Waals surface area contributed by atoms with Gasteiger partial charge in [0.1, 0.15) is 0 Å². The highest BCUT2D eigenvalue weighted by Gasteiger charge is 2.61. The number of benzene rings is 1. The summed E-state index contributed by atoms with van der Waals surface area (Å²) in [4.78, 5) is 26.2. The van der Waals surface area contributed by atoms with Gasteiger partial charge >= 0.3 is 6.18 Å². The van der Waals surface area contributed by atoms with Gasteiger partial charge in [-0.05, 0) is 18.2 Å². The average Bonchev–Trinajstić information content (AvgIpc) is 2.99. The number of fused-ring (bicyclic) bond motifs is 5. The lowest BCUT2D eigenvalue weighted by Crippen LogP contribution is -2.45. The maximum Gasteiger partial charge on any atom is 0.417 e. The van der Waals surface area contributed by atoms with Crippen LogP contribution in [0, 0.1) is 23.2 Å². The van der Waals surface area contributed by atoms with Crippen LogP contribution in [0.2, 0.25) is 0 Å². The number of halogens is 3. The van der Waals surface area contributed by atoms with Crippen LogP contribution >= 0.6 is 0 Å². The molecule has 4 unspecified atom stereocenters. The molecular formula is C16H12F3N3O3. The van der Waals surface area contributed by atoms with Crippen LogP contribution in [0.25, 0.3) is 0 Å². The minimum Gasteiger partial charge on any atom is -0.371 e. The number of alkyl halides is 3. The predicted molar refractivity (Wildman–Crippen MR) is 77.2 cm³/mol. The van der Waals surface area contributed by atoms with Crippen LogP contribution in [-0.4, -0.2) is 37.1 Å². The zero-order valence-electron chi connectivity index (χ0n) is 12.7. The Morgan fingerprint density at radius 3 is 2.28 bits per heavy atom. The average molecular weight is 351 g/mol. The van der Waals surface area contributed by atoms with E-state index in [-0.39, 0.29) is 5.69 Å². The third-order valence-electron chi connectivity index (χ3n) is 4.93. The molecule has 3 heterocycles. The fraction of sp³-hybridized carbons (Fsp3) is 0.438. The number of amides is 2. The summed E-state index contributed by atoms with van der Waals surface area (Å²) in [6, 6.07) is 4.33. The summed E-state index contributed by atoms with van der Waals surface area (Å²) < 4.78 is 45.1. The van der Waals surface area contributed by atoms with E-state index >= 15 is 0 Å². The number of carbonyl (C=O) groups is 2. The summed E-state index contributed by atoms with van der Waals surface area (Å²) in [5, 5.41) is 11.9. The summed E-state index contributed by atoms with van der Waals surface area (Å²) in [6.45, 7) is 0.845. The highest BCUT2D eigenvalue weighted by atomic mass is 19.4. The molecule has 2 amide bonds. The number of hydrogen-bond acceptors (Lipinski definition) is 5. The number of nitrogens with one attached hydrogen (secondary N) is 1. The van der Waals surface area contributed by atoms with Gasteiger partial charge in [0.2, 0.25) is 11.8 Å². The molecule has 3 aliphatic rings. The molecule has 1 aromatic rings. The number of hydrogen-bond donors (Lipinski definition) is 1. The van der Waals surface area contributed by atoms with Crippen molar-refractivity contribution >= 4 is 17.5 Å². The zero-order chi connectivity index (χ0) is 17.9. The van der Waals surface area contributed by atoms with Crippen molar-refractivity contribution in [2.24, 2.45) is 11.8 Å². The molecule has 3 fully saturated rings. The molecule has 6 nitrogen and oxygen atoms in total. The van der Waals surface area contributed by atoms with Gasteiger partial charge in [-0.1, -0.05) is 0 Å². The Hall–Kier alpha value is -2.44. The number of imide groups is 1. The quantitative estimate of drug-likeness (QED) is 0.765. The van der Waals surface area contributed by atoms with Gasteiger partial charge in [0.15, 0.2) is 0 Å². The highest BCUT2D eigenvalue weighted by molar-refractivity contribution is 6.22. The van der Waals surface area contributed by atoms with E-state index in [1.807, 2.05) is 0 Å². The lowest BCUT2D eigenvalue weighted by molar-refractivity contribution is -0.138. The fourth-order valence-electron chi connectivity index (χ4n) is 3.86. The molecule has 1 N–H and O–H groups in total. The fourth-order valence-corrected chi connectivity index (χ4v) is 3.86. The van der Waals surface area contributed by atoms with Gasteiger partial charge in [0.05, 0.1) is 46.9 Å². The monoisotopic (exact) mass is 351 g/mol. The van der Waals surface area contributed by atoms with Crippen molar-refractivity contribution < 1.29 is 27.5 Å². The molecule has 4 rings (SSSR count). The Morgan fingerprint density at radius 1 is 1.16 bits per heavy atom. The van der Waals surface area contributed by atoms with Gasteiger partial charge in [-0.3, -0.25) is 9.59 Å². The number of carbonyl (C=O) groups excluding carboxylic acids is 2. The van der Waals surface area contributed by atoms with Crippen LogP contribution < -0.4 is 10.2 Å². The SMILES string of the molecule is N#Cc1ccc(N2C(=O)C3C4CNCC(O4)C3C2=O)cc1C(F)(F)F. The Labute approximate surface area is 140 Å². The van der Waals surface area contributed by atoms with Crippen LogP contribution in [0.3, 0.4) is 0 Å². The number of ether oxygens (including phenoxy) is 1. The molecule has 0 aromatic heterocycles. The van der Waals surface area contributed by atoms with E-state index in [9.17, 15) is 22.8 Å². The summed E-state index contributed by atoms with van der Waals surface area (Å²) >= 11 is 0. The molecule has 0 spiro atoms.